The van der Waals surface area contributed by atoms with Crippen molar-refractivity contribution in [1.29, 1.82) is 0 Å². The van der Waals surface area contributed by atoms with Gasteiger partial charge < -0.3 is 19.7 Å². The molecule has 2 N–H and O–H groups in total. The van der Waals surface area contributed by atoms with Crippen LogP contribution in [-0.4, -0.2) is 28.1 Å². The fraction of sp³-hybridized carbons (Fsp3) is 0.273. The minimum atomic E-state index is -1.24. The minimum absolute atomic E-state index is 0.0539. The topological polar surface area (TPSA) is 93.1 Å². The van der Waals surface area contributed by atoms with Crippen LogP contribution >= 0.6 is 0 Å². The van der Waals surface area contributed by atoms with Gasteiger partial charge in [0.25, 0.3) is 0 Å². The summed E-state index contributed by atoms with van der Waals surface area (Å²) in [7, 11) is 0. The number of phenolic OH excluding ortho intramolecular Hbond substituents is 2. The first-order valence-corrected chi connectivity index (χ1v) is 8.93. The van der Waals surface area contributed by atoms with Gasteiger partial charge in [0.15, 0.2) is 6.10 Å². The Kier molecular flexibility index (Phi) is 5.40. The monoisotopic (exact) mass is 382 g/mol. The molecule has 0 aliphatic carbocycles. The van der Waals surface area contributed by atoms with Crippen molar-refractivity contribution in [3.63, 3.8) is 0 Å². The number of fused-ring (bicyclic) bond motifs is 1. The summed E-state index contributed by atoms with van der Waals surface area (Å²) in [5.41, 5.74) is 1.77. The van der Waals surface area contributed by atoms with E-state index < -0.39 is 24.0 Å². The average Bonchev–Trinajstić information content (AvgIpc) is 2.63. The van der Waals surface area contributed by atoms with Crippen molar-refractivity contribution in [3.8, 4) is 17.2 Å². The van der Waals surface area contributed by atoms with Crippen molar-refractivity contribution in [1.82, 2.24) is 0 Å². The minimum Gasteiger partial charge on any atom is -0.507 e. The second-order valence-electron chi connectivity index (χ2n) is 6.93. The van der Waals surface area contributed by atoms with E-state index in [-0.39, 0.29) is 34.8 Å². The summed E-state index contributed by atoms with van der Waals surface area (Å²) in [6, 6.07) is 10.2. The Balaban J connectivity index is 2.11. The Morgan fingerprint density at radius 1 is 1.18 bits per heavy atom. The van der Waals surface area contributed by atoms with Crippen LogP contribution in [0, 0.1) is 0 Å². The van der Waals surface area contributed by atoms with Crippen LogP contribution in [0.5, 0.6) is 17.2 Å². The number of ether oxygens (including phenoxy) is 2. The molecule has 0 spiro atoms. The van der Waals surface area contributed by atoms with E-state index in [0.717, 1.165) is 5.57 Å². The van der Waals surface area contributed by atoms with Crippen LogP contribution in [0.4, 0.5) is 0 Å². The smallest absolute Gasteiger partial charge is 0.303 e. The number of aromatic hydroxyl groups is 2. The van der Waals surface area contributed by atoms with E-state index in [2.05, 4.69) is 0 Å². The van der Waals surface area contributed by atoms with E-state index >= 15 is 0 Å². The number of ketones is 1. The molecule has 0 radical (unpaired) electrons. The summed E-state index contributed by atoms with van der Waals surface area (Å²) in [6.45, 7) is 4.99. The van der Waals surface area contributed by atoms with Gasteiger partial charge in [0.05, 0.1) is 0 Å². The highest BCUT2D eigenvalue weighted by molar-refractivity contribution is 6.07. The zero-order valence-corrected chi connectivity index (χ0v) is 15.9. The van der Waals surface area contributed by atoms with Gasteiger partial charge in [-0.2, -0.15) is 0 Å². The number of Topliss-reactive ketones (excluding diaryl/α,β-unsaturated/α-hetero) is 1. The largest absolute Gasteiger partial charge is 0.507 e. The lowest BCUT2D eigenvalue weighted by atomic mass is 9.90. The normalized spacial score (nSPS) is 18.0. The van der Waals surface area contributed by atoms with Gasteiger partial charge in [-0.3, -0.25) is 9.59 Å². The van der Waals surface area contributed by atoms with Crippen molar-refractivity contribution in [2.45, 2.75) is 39.4 Å². The quantitative estimate of drug-likeness (QED) is 0.616. The Hall–Kier alpha value is -3.28. The summed E-state index contributed by atoms with van der Waals surface area (Å²) in [5.74, 6) is -1.67. The zero-order valence-electron chi connectivity index (χ0n) is 15.9. The molecule has 0 aromatic heterocycles. The SMILES string of the molecule is CC(=O)OC1C(=O)c2c(cc(O)c(CC=C(C)C)c2O)OC1c1ccccc1. The van der Waals surface area contributed by atoms with Gasteiger partial charge in [-0.1, -0.05) is 42.0 Å². The number of hydrogen-bond donors (Lipinski definition) is 2. The number of hydrogen-bond acceptors (Lipinski definition) is 6. The number of rotatable bonds is 4. The van der Waals surface area contributed by atoms with Crippen molar-refractivity contribution in [2.24, 2.45) is 0 Å². The first kappa shape index (κ1) is 19.5. The summed E-state index contributed by atoms with van der Waals surface area (Å²) in [6.07, 6.45) is -0.0429. The Bertz CT molecular complexity index is 941. The van der Waals surface area contributed by atoms with E-state index in [1.165, 1.54) is 13.0 Å². The fourth-order valence-corrected chi connectivity index (χ4v) is 3.17. The second-order valence-corrected chi connectivity index (χ2v) is 6.93. The number of benzene rings is 2. The van der Waals surface area contributed by atoms with Gasteiger partial charge >= 0.3 is 5.97 Å². The van der Waals surface area contributed by atoms with Crippen LogP contribution in [0.15, 0.2) is 48.0 Å². The molecular weight excluding hydrogens is 360 g/mol. The summed E-state index contributed by atoms with van der Waals surface area (Å²) in [4.78, 5) is 24.7. The van der Waals surface area contributed by atoms with E-state index in [1.807, 2.05) is 26.0 Å². The molecule has 28 heavy (non-hydrogen) atoms. The van der Waals surface area contributed by atoms with Crippen molar-refractivity contribution < 1.29 is 29.3 Å². The molecule has 1 heterocycles. The molecule has 1 aliphatic heterocycles. The van der Waals surface area contributed by atoms with E-state index in [0.29, 0.717) is 5.56 Å². The molecule has 0 bridgehead atoms. The highest BCUT2D eigenvalue weighted by Crippen LogP contribution is 2.45. The summed E-state index contributed by atoms with van der Waals surface area (Å²) < 4.78 is 11.2. The van der Waals surface area contributed by atoms with Gasteiger partial charge in [-0.15, -0.1) is 0 Å². The fourth-order valence-electron chi connectivity index (χ4n) is 3.17. The number of esters is 1. The summed E-state index contributed by atoms with van der Waals surface area (Å²) in [5, 5.41) is 21.0. The van der Waals surface area contributed by atoms with Crippen molar-refractivity contribution in [2.75, 3.05) is 0 Å². The number of phenols is 2. The molecular formula is C22H22O6. The standard InChI is InChI=1S/C22H22O6/c1-12(2)9-10-15-16(24)11-17-18(19(15)25)20(26)22(27-13(3)23)21(28-17)14-7-5-4-6-8-14/h4-9,11,21-22,24-25H,10H2,1-3H3. The lowest BCUT2D eigenvalue weighted by molar-refractivity contribution is -0.148. The molecule has 0 fully saturated rings. The molecule has 2 aromatic carbocycles. The van der Waals surface area contributed by atoms with Gasteiger partial charge in [-0.25, -0.2) is 0 Å². The van der Waals surface area contributed by atoms with Gasteiger partial charge in [0.1, 0.15) is 22.8 Å². The van der Waals surface area contributed by atoms with Gasteiger partial charge in [0.2, 0.25) is 11.9 Å². The first-order valence-electron chi connectivity index (χ1n) is 8.93. The third-order valence-electron chi connectivity index (χ3n) is 4.52. The van der Waals surface area contributed by atoms with Gasteiger partial charge in [0, 0.05) is 18.6 Å². The number of carbonyl (C=O) groups is 2. The van der Waals surface area contributed by atoms with Crippen LogP contribution in [0.1, 0.15) is 48.4 Å². The molecule has 2 atom stereocenters. The molecule has 6 heteroatoms. The molecule has 6 nitrogen and oxygen atoms in total. The van der Waals surface area contributed by atoms with E-state index in [9.17, 15) is 19.8 Å². The third-order valence-corrected chi connectivity index (χ3v) is 4.52. The molecule has 0 saturated carbocycles. The number of carbonyl (C=O) groups excluding carboxylic acids is 2. The Morgan fingerprint density at radius 3 is 2.46 bits per heavy atom. The van der Waals surface area contributed by atoms with Crippen LogP contribution in [0.25, 0.3) is 0 Å². The average molecular weight is 382 g/mol. The molecule has 146 valence electrons. The van der Waals surface area contributed by atoms with Crippen molar-refractivity contribution in [3.05, 3.63) is 64.7 Å². The number of allylic oxidation sites excluding steroid dienone is 2. The lowest BCUT2D eigenvalue weighted by Crippen LogP contribution is -2.39. The maximum Gasteiger partial charge on any atom is 0.303 e. The molecule has 0 saturated heterocycles. The Labute approximate surface area is 163 Å². The molecule has 3 rings (SSSR count). The summed E-state index contributed by atoms with van der Waals surface area (Å²) >= 11 is 0. The van der Waals surface area contributed by atoms with Crippen LogP contribution in [-0.2, 0) is 16.0 Å². The molecule has 2 aromatic rings. The predicted molar refractivity (Wildman–Crippen MR) is 103 cm³/mol. The van der Waals surface area contributed by atoms with Crippen molar-refractivity contribution >= 4 is 11.8 Å². The predicted octanol–water partition coefficient (Wildman–Crippen LogP) is 3.85. The highest BCUT2D eigenvalue weighted by Gasteiger charge is 2.43. The van der Waals surface area contributed by atoms with Crippen LogP contribution in [0.2, 0.25) is 0 Å². The first-order chi connectivity index (χ1) is 13.3. The Morgan fingerprint density at radius 2 is 1.86 bits per heavy atom. The molecule has 0 amide bonds. The third kappa shape index (κ3) is 3.71. The second kappa shape index (κ2) is 7.76. The molecule has 1 aliphatic rings. The van der Waals surface area contributed by atoms with E-state index in [4.69, 9.17) is 9.47 Å². The maximum absolute atomic E-state index is 13.1. The molecule has 2 unspecified atom stereocenters. The maximum atomic E-state index is 13.1. The zero-order chi connectivity index (χ0) is 20.4. The van der Waals surface area contributed by atoms with Crippen LogP contribution < -0.4 is 4.74 Å². The van der Waals surface area contributed by atoms with E-state index in [1.54, 1.807) is 24.3 Å². The van der Waals surface area contributed by atoms with Gasteiger partial charge in [-0.05, 0) is 25.8 Å². The van der Waals surface area contributed by atoms with Crippen LogP contribution in [0.3, 0.4) is 0 Å². The highest BCUT2D eigenvalue weighted by atomic mass is 16.6. The lowest BCUT2D eigenvalue weighted by Gasteiger charge is -2.33.